The van der Waals surface area contributed by atoms with E-state index in [0.29, 0.717) is 5.56 Å². The van der Waals surface area contributed by atoms with Crippen LogP contribution in [0, 0.1) is 11.3 Å². The van der Waals surface area contributed by atoms with E-state index in [9.17, 15) is 0 Å². The van der Waals surface area contributed by atoms with Gasteiger partial charge in [0.15, 0.2) is 0 Å². The molecule has 0 radical (unpaired) electrons. The maximum Gasteiger partial charge on any atom is 0.122 e. The Balaban J connectivity index is 2.48. The molecular formula is C15H14N2O. The molecule has 18 heavy (non-hydrogen) atoms. The number of ether oxygens (including phenoxy) is 1. The first-order chi connectivity index (χ1) is 8.78. The molecule has 0 aliphatic carbocycles. The maximum absolute atomic E-state index is 8.88. The molecule has 1 heterocycles. The third-order valence-electron chi connectivity index (χ3n) is 2.86. The third-order valence-corrected chi connectivity index (χ3v) is 2.86. The largest absolute Gasteiger partial charge is 0.496 e. The lowest BCUT2D eigenvalue weighted by Gasteiger charge is -2.09. The molecule has 0 saturated carbocycles. The quantitative estimate of drug-likeness (QED) is 0.825. The van der Waals surface area contributed by atoms with Gasteiger partial charge in [-0.15, -0.1) is 0 Å². The summed E-state index contributed by atoms with van der Waals surface area (Å²) >= 11 is 0. The zero-order chi connectivity index (χ0) is 13.0. The number of benzene rings is 1. The van der Waals surface area contributed by atoms with Crippen molar-refractivity contribution in [2.75, 3.05) is 7.11 Å². The molecule has 1 aromatic carbocycles. The first kappa shape index (κ1) is 12.1. The summed E-state index contributed by atoms with van der Waals surface area (Å²) in [5.74, 6) is 0.894. The molecule has 0 aliphatic heterocycles. The fraction of sp³-hybridized carbons (Fsp3) is 0.200. The van der Waals surface area contributed by atoms with Gasteiger partial charge in [-0.05, 0) is 35.7 Å². The fourth-order valence-corrected chi connectivity index (χ4v) is 1.89. The minimum Gasteiger partial charge on any atom is -0.496 e. The van der Waals surface area contributed by atoms with E-state index in [0.717, 1.165) is 28.9 Å². The van der Waals surface area contributed by atoms with Gasteiger partial charge in [-0.2, -0.15) is 5.26 Å². The van der Waals surface area contributed by atoms with E-state index >= 15 is 0 Å². The average molecular weight is 238 g/mol. The van der Waals surface area contributed by atoms with Crippen LogP contribution in [0.25, 0.3) is 11.1 Å². The van der Waals surface area contributed by atoms with Crippen molar-refractivity contribution >= 4 is 0 Å². The Hall–Kier alpha value is -2.34. The van der Waals surface area contributed by atoms with Crippen molar-refractivity contribution in [2.45, 2.75) is 13.3 Å². The van der Waals surface area contributed by atoms with Crippen LogP contribution in [0.4, 0.5) is 0 Å². The Morgan fingerprint density at radius 2 is 2.06 bits per heavy atom. The Morgan fingerprint density at radius 1 is 1.22 bits per heavy atom. The second kappa shape index (κ2) is 5.33. The molecular weight excluding hydrogens is 224 g/mol. The lowest BCUT2D eigenvalue weighted by Crippen LogP contribution is -1.91. The van der Waals surface area contributed by atoms with Crippen LogP contribution < -0.4 is 4.74 Å². The molecule has 0 aliphatic rings. The molecule has 0 spiro atoms. The van der Waals surface area contributed by atoms with E-state index in [-0.39, 0.29) is 0 Å². The van der Waals surface area contributed by atoms with Gasteiger partial charge in [0, 0.05) is 18.0 Å². The van der Waals surface area contributed by atoms with E-state index in [1.54, 1.807) is 19.5 Å². The molecule has 2 rings (SSSR count). The SMILES string of the molecule is CCc1cc(-c2cncc(C#N)c2)ccc1OC. The molecule has 0 saturated heterocycles. The molecule has 3 nitrogen and oxygen atoms in total. The molecule has 1 aromatic heterocycles. The molecule has 0 amide bonds. The third kappa shape index (κ3) is 2.33. The molecule has 90 valence electrons. The number of nitriles is 1. The van der Waals surface area contributed by atoms with E-state index in [1.165, 1.54) is 0 Å². The summed E-state index contributed by atoms with van der Waals surface area (Å²) in [6.07, 6.45) is 4.23. The van der Waals surface area contributed by atoms with Crippen LogP contribution in [0.15, 0.2) is 36.7 Å². The van der Waals surface area contributed by atoms with E-state index in [4.69, 9.17) is 10.00 Å². The number of methoxy groups -OCH3 is 1. The fourth-order valence-electron chi connectivity index (χ4n) is 1.89. The summed E-state index contributed by atoms with van der Waals surface area (Å²) in [7, 11) is 1.67. The summed E-state index contributed by atoms with van der Waals surface area (Å²) in [6.45, 7) is 2.09. The van der Waals surface area contributed by atoms with Gasteiger partial charge in [0.2, 0.25) is 0 Å². The van der Waals surface area contributed by atoms with Crippen molar-refractivity contribution in [3.8, 4) is 22.9 Å². The van der Waals surface area contributed by atoms with Crippen molar-refractivity contribution < 1.29 is 4.74 Å². The molecule has 3 heteroatoms. The highest BCUT2D eigenvalue weighted by molar-refractivity contribution is 5.66. The number of aromatic nitrogens is 1. The minimum absolute atomic E-state index is 0.571. The predicted octanol–water partition coefficient (Wildman–Crippen LogP) is 3.19. The van der Waals surface area contributed by atoms with Crippen molar-refractivity contribution in [1.82, 2.24) is 4.98 Å². The van der Waals surface area contributed by atoms with Crippen LogP contribution in [0.5, 0.6) is 5.75 Å². The maximum atomic E-state index is 8.88. The number of hydrogen-bond donors (Lipinski definition) is 0. The van der Waals surface area contributed by atoms with Gasteiger partial charge in [-0.3, -0.25) is 4.98 Å². The Bertz CT molecular complexity index is 600. The smallest absolute Gasteiger partial charge is 0.122 e. The summed E-state index contributed by atoms with van der Waals surface area (Å²) in [5, 5.41) is 8.88. The molecule has 0 unspecified atom stereocenters. The zero-order valence-corrected chi connectivity index (χ0v) is 10.5. The Kier molecular flexibility index (Phi) is 3.59. The summed E-state index contributed by atoms with van der Waals surface area (Å²) in [6, 6.07) is 9.96. The van der Waals surface area contributed by atoms with Crippen molar-refractivity contribution in [3.63, 3.8) is 0 Å². The number of rotatable bonds is 3. The molecule has 0 bridgehead atoms. The highest BCUT2D eigenvalue weighted by atomic mass is 16.5. The number of aryl methyl sites for hydroxylation is 1. The number of pyridine rings is 1. The zero-order valence-electron chi connectivity index (χ0n) is 10.5. The van der Waals surface area contributed by atoms with Gasteiger partial charge in [0.1, 0.15) is 11.8 Å². The molecule has 0 fully saturated rings. The summed E-state index contributed by atoms with van der Waals surface area (Å²) in [5.41, 5.74) is 3.72. The summed E-state index contributed by atoms with van der Waals surface area (Å²) < 4.78 is 5.30. The van der Waals surface area contributed by atoms with Crippen molar-refractivity contribution in [1.29, 1.82) is 5.26 Å². The van der Waals surface area contributed by atoms with E-state index in [2.05, 4.69) is 24.0 Å². The van der Waals surface area contributed by atoms with E-state index < -0.39 is 0 Å². The van der Waals surface area contributed by atoms with Gasteiger partial charge < -0.3 is 4.74 Å². The average Bonchev–Trinajstić information content (AvgIpc) is 2.46. The Morgan fingerprint density at radius 3 is 2.72 bits per heavy atom. The second-order valence-corrected chi connectivity index (χ2v) is 3.95. The van der Waals surface area contributed by atoms with Crippen LogP contribution in [-0.4, -0.2) is 12.1 Å². The lowest BCUT2D eigenvalue weighted by molar-refractivity contribution is 0.410. The Labute approximate surface area is 107 Å². The number of nitrogens with zero attached hydrogens (tertiary/aromatic N) is 2. The number of hydrogen-bond acceptors (Lipinski definition) is 3. The topological polar surface area (TPSA) is 45.9 Å². The van der Waals surface area contributed by atoms with Crippen LogP contribution in [0.3, 0.4) is 0 Å². The van der Waals surface area contributed by atoms with Crippen molar-refractivity contribution in [2.24, 2.45) is 0 Å². The first-order valence-electron chi connectivity index (χ1n) is 5.81. The first-order valence-corrected chi connectivity index (χ1v) is 5.81. The van der Waals surface area contributed by atoms with Crippen LogP contribution in [-0.2, 0) is 6.42 Å². The van der Waals surface area contributed by atoms with E-state index in [1.807, 2.05) is 18.2 Å². The monoisotopic (exact) mass is 238 g/mol. The lowest BCUT2D eigenvalue weighted by atomic mass is 10.0. The van der Waals surface area contributed by atoms with Gasteiger partial charge in [0.25, 0.3) is 0 Å². The standard InChI is InChI=1S/C15H14N2O/c1-3-12-7-13(4-5-15(12)18-2)14-6-11(8-16)9-17-10-14/h4-7,9-10H,3H2,1-2H3. The highest BCUT2D eigenvalue weighted by Crippen LogP contribution is 2.26. The van der Waals surface area contributed by atoms with Crippen molar-refractivity contribution in [3.05, 3.63) is 47.8 Å². The van der Waals surface area contributed by atoms with Crippen LogP contribution in [0.2, 0.25) is 0 Å². The summed E-state index contributed by atoms with van der Waals surface area (Å²) in [4.78, 5) is 4.08. The molecule has 2 aromatic rings. The second-order valence-electron chi connectivity index (χ2n) is 3.95. The van der Waals surface area contributed by atoms with Gasteiger partial charge in [-0.1, -0.05) is 13.0 Å². The molecule has 0 N–H and O–H groups in total. The van der Waals surface area contributed by atoms with Crippen LogP contribution in [0.1, 0.15) is 18.1 Å². The van der Waals surface area contributed by atoms with Gasteiger partial charge >= 0.3 is 0 Å². The normalized spacial score (nSPS) is 9.83. The van der Waals surface area contributed by atoms with Crippen LogP contribution >= 0.6 is 0 Å². The molecule has 0 atom stereocenters. The minimum atomic E-state index is 0.571. The van der Waals surface area contributed by atoms with Gasteiger partial charge in [-0.25, -0.2) is 0 Å². The highest BCUT2D eigenvalue weighted by Gasteiger charge is 2.05. The predicted molar refractivity (Wildman–Crippen MR) is 70.3 cm³/mol. The van der Waals surface area contributed by atoms with Gasteiger partial charge in [0.05, 0.1) is 12.7 Å².